The van der Waals surface area contributed by atoms with Gasteiger partial charge >= 0.3 is 0 Å². The number of nitrogen functional groups attached to an aromatic ring is 1. The number of nitrogens with zero attached hydrogens (tertiary/aromatic N) is 5. The molecule has 2 aromatic heterocycles. The molecule has 3 aromatic rings. The van der Waals surface area contributed by atoms with Crippen molar-refractivity contribution in [3.8, 4) is 0 Å². The molecule has 2 fully saturated rings. The highest BCUT2D eigenvalue weighted by Crippen LogP contribution is 2.30. The van der Waals surface area contributed by atoms with Gasteiger partial charge in [-0.2, -0.15) is 0 Å². The number of hydrogen-bond acceptors (Lipinski definition) is 11. The third-order valence-corrected chi connectivity index (χ3v) is 9.77. The Bertz CT molecular complexity index is 1640. The first-order valence-electron chi connectivity index (χ1n) is 19.0. The molecule has 286 valence electrons. The van der Waals surface area contributed by atoms with Crippen molar-refractivity contribution in [1.29, 1.82) is 0 Å². The fourth-order valence-electron chi connectivity index (χ4n) is 6.88. The molecule has 0 bridgehead atoms. The van der Waals surface area contributed by atoms with Gasteiger partial charge in [-0.15, -0.1) is 0 Å². The molecular formula is C38H58N8O6. The zero-order chi connectivity index (χ0) is 37.0. The summed E-state index contributed by atoms with van der Waals surface area (Å²) in [5.41, 5.74) is 10.1. The first kappa shape index (κ1) is 39.4. The van der Waals surface area contributed by atoms with Crippen LogP contribution >= 0.6 is 0 Å². The number of ether oxygens (including phenoxy) is 3. The largest absolute Gasteiger partial charge is 0.382 e. The van der Waals surface area contributed by atoms with Crippen LogP contribution in [0.3, 0.4) is 0 Å². The number of anilines is 2. The fraction of sp³-hybridized carbons (Fsp3) is 0.658. The maximum absolute atomic E-state index is 12.4. The van der Waals surface area contributed by atoms with E-state index in [9.17, 15) is 14.4 Å². The predicted molar refractivity (Wildman–Crippen MR) is 202 cm³/mol. The number of unbranched alkanes of at least 4 members (excludes halogenated alkanes) is 1. The summed E-state index contributed by atoms with van der Waals surface area (Å²) >= 11 is 0. The highest BCUT2D eigenvalue weighted by molar-refractivity contribution is 6.07. The van der Waals surface area contributed by atoms with Crippen LogP contribution in [0.25, 0.3) is 21.9 Å². The van der Waals surface area contributed by atoms with Crippen LogP contribution in [-0.2, 0) is 35.0 Å². The van der Waals surface area contributed by atoms with Crippen molar-refractivity contribution in [2.75, 3.05) is 96.1 Å². The number of imide groups is 1. The van der Waals surface area contributed by atoms with E-state index >= 15 is 0 Å². The van der Waals surface area contributed by atoms with Crippen LogP contribution in [0.2, 0.25) is 0 Å². The standard InChI is InChI=1S/C38H58N8O6/c1-5-6-7-32-42-35-30-22-29(8-9-31(30)41-37(39)36(35)43-32)45-13-11-44(12-14-45)23-27(3)25-52-24-26(2)20-33(47)40-10-16-50-18-19-51-17-15-46-34(48)21-28(4)38(46)49/h8-9,22,26-28H,5-7,10-21,23-25H2,1-4H3,(H2,39,41)(H,40,47)(H,42,43). The topological polar surface area (TPSA) is 168 Å². The minimum Gasteiger partial charge on any atom is -0.382 e. The van der Waals surface area contributed by atoms with Gasteiger partial charge in [0, 0.05) is 82.1 Å². The first-order valence-corrected chi connectivity index (χ1v) is 19.0. The minimum atomic E-state index is -0.238. The number of pyridine rings is 1. The quantitative estimate of drug-likeness (QED) is 0.109. The van der Waals surface area contributed by atoms with E-state index in [1.807, 2.05) is 6.92 Å². The lowest BCUT2D eigenvalue weighted by atomic mass is 10.1. The molecule has 2 aliphatic heterocycles. The van der Waals surface area contributed by atoms with Gasteiger partial charge in [0.05, 0.1) is 45.1 Å². The predicted octanol–water partition coefficient (Wildman–Crippen LogP) is 3.38. The number of likely N-dealkylation sites (tertiary alicyclic amines) is 1. The molecule has 0 saturated carbocycles. The molecule has 4 heterocycles. The van der Waals surface area contributed by atoms with E-state index < -0.39 is 0 Å². The summed E-state index contributed by atoms with van der Waals surface area (Å²) in [5, 5.41) is 3.93. The zero-order valence-electron chi connectivity index (χ0n) is 31.5. The smallest absolute Gasteiger partial charge is 0.232 e. The van der Waals surface area contributed by atoms with E-state index in [2.05, 4.69) is 57.1 Å². The molecule has 0 spiro atoms. The van der Waals surface area contributed by atoms with E-state index in [0.717, 1.165) is 79.7 Å². The SMILES string of the molecule is CCCCc1nc2c([nH]1)c(N)nc1ccc(N3CCN(CC(C)COCC(C)CC(=O)NCCOCCOCCN4C(=O)CC(C)C4=O)CC3)cc12. The second-order valence-corrected chi connectivity index (χ2v) is 14.5. The Morgan fingerprint density at radius 3 is 2.50 bits per heavy atom. The summed E-state index contributed by atoms with van der Waals surface area (Å²) in [5.74, 6) is 1.43. The number of carbonyl (C=O) groups is 3. The van der Waals surface area contributed by atoms with Crippen LogP contribution in [0.5, 0.6) is 0 Å². The minimum absolute atomic E-state index is 0.0200. The highest BCUT2D eigenvalue weighted by Gasteiger charge is 2.35. The van der Waals surface area contributed by atoms with Gasteiger partial charge in [0.1, 0.15) is 22.7 Å². The molecule has 0 aliphatic carbocycles. The van der Waals surface area contributed by atoms with Crippen LogP contribution in [0, 0.1) is 17.8 Å². The number of aromatic nitrogens is 3. The Morgan fingerprint density at radius 1 is 1.02 bits per heavy atom. The molecule has 3 atom stereocenters. The first-order chi connectivity index (χ1) is 25.1. The van der Waals surface area contributed by atoms with Crippen LogP contribution in [0.15, 0.2) is 18.2 Å². The Hall–Kier alpha value is -3.85. The molecule has 3 unspecified atom stereocenters. The van der Waals surface area contributed by atoms with Crippen molar-refractivity contribution in [2.24, 2.45) is 17.8 Å². The van der Waals surface area contributed by atoms with Gasteiger partial charge < -0.3 is 35.1 Å². The number of amides is 3. The summed E-state index contributed by atoms with van der Waals surface area (Å²) in [6.07, 6.45) is 3.78. The molecule has 2 saturated heterocycles. The molecule has 14 nitrogen and oxygen atoms in total. The molecule has 14 heteroatoms. The highest BCUT2D eigenvalue weighted by atomic mass is 16.5. The van der Waals surface area contributed by atoms with Crippen molar-refractivity contribution < 1.29 is 28.6 Å². The lowest BCUT2D eigenvalue weighted by Crippen LogP contribution is -2.48. The average molecular weight is 723 g/mol. The maximum Gasteiger partial charge on any atom is 0.232 e. The number of benzene rings is 1. The van der Waals surface area contributed by atoms with E-state index in [-0.39, 0.29) is 42.5 Å². The molecule has 5 rings (SSSR count). The van der Waals surface area contributed by atoms with Gasteiger partial charge in [-0.1, -0.05) is 34.1 Å². The van der Waals surface area contributed by atoms with Crippen molar-refractivity contribution in [1.82, 2.24) is 30.1 Å². The molecule has 3 amide bonds. The fourth-order valence-corrected chi connectivity index (χ4v) is 6.88. The van der Waals surface area contributed by atoms with Crippen molar-refractivity contribution in [3.63, 3.8) is 0 Å². The number of nitrogens with one attached hydrogen (secondary N) is 2. The Labute approximate surface area is 307 Å². The summed E-state index contributed by atoms with van der Waals surface area (Å²) in [7, 11) is 0. The van der Waals surface area contributed by atoms with Gasteiger partial charge in [0.15, 0.2) is 0 Å². The molecular weight excluding hydrogens is 664 g/mol. The van der Waals surface area contributed by atoms with E-state index in [1.165, 1.54) is 10.6 Å². The molecule has 4 N–H and O–H groups in total. The number of rotatable bonds is 21. The zero-order valence-corrected chi connectivity index (χ0v) is 31.5. The third kappa shape index (κ3) is 10.8. The lowest BCUT2D eigenvalue weighted by Gasteiger charge is -2.37. The van der Waals surface area contributed by atoms with Gasteiger partial charge in [-0.05, 0) is 36.5 Å². The lowest BCUT2D eigenvalue weighted by molar-refractivity contribution is -0.140. The van der Waals surface area contributed by atoms with Crippen molar-refractivity contribution >= 4 is 51.2 Å². The van der Waals surface area contributed by atoms with Gasteiger partial charge in [0.25, 0.3) is 0 Å². The number of H-pyrrole nitrogens is 1. The number of piperazine rings is 1. The molecule has 0 radical (unpaired) electrons. The second-order valence-electron chi connectivity index (χ2n) is 14.5. The maximum atomic E-state index is 12.4. The van der Waals surface area contributed by atoms with Crippen LogP contribution in [0.1, 0.15) is 59.2 Å². The number of imidazole rings is 1. The van der Waals surface area contributed by atoms with E-state index in [1.54, 1.807) is 6.92 Å². The monoisotopic (exact) mass is 722 g/mol. The third-order valence-electron chi connectivity index (χ3n) is 9.77. The second kappa shape index (κ2) is 19.3. The normalized spacial score (nSPS) is 18.2. The summed E-state index contributed by atoms with van der Waals surface area (Å²) in [6, 6.07) is 6.41. The number of hydrogen-bond donors (Lipinski definition) is 3. The van der Waals surface area contributed by atoms with Gasteiger partial charge in [-0.3, -0.25) is 24.2 Å². The number of aromatic amines is 1. The van der Waals surface area contributed by atoms with Crippen LogP contribution < -0.4 is 16.0 Å². The van der Waals surface area contributed by atoms with E-state index in [4.69, 9.17) is 24.9 Å². The number of carbonyl (C=O) groups excluding carboxylic acids is 3. The Kier molecular flexibility index (Phi) is 14.6. The van der Waals surface area contributed by atoms with Gasteiger partial charge in [-0.25, -0.2) is 9.97 Å². The summed E-state index contributed by atoms with van der Waals surface area (Å²) in [4.78, 5) is 55.2. The molecule has 52 heavy (non-hydrogen) atoms. The number of fused-ring (bicyclic) bond motifs is 3. The Morgan fingerprint density at radius 2 is 1.77 bits per heavy atom. The number of aryl methyl sites for hydroxylation is 1. The van der Waals surface area contributed by atoms with Gasteiger partial charge in [0.2, 0.25) is 17.7 Å². The molecule has 2 aliphatic rings. The van der Waals surface area contributed by atoms with Crippen molar-refractivity contribution in [3.05, 3.63) is 24.0 Å². The van der Waals surface area contributed by atoms with Crippen LogP contribution in [-0.4, -0.2) is 128 Å². The van der Waals surface area contributed by atoms with E-state index in [0.29, 0.717) is 64.3 Å². The summed E-state index contributed by atoms with van der Waals surface area (Å²) in [6.45, 7) is 16.3. The number of nitrogens with two attached hydrogens (primary N) is 1. The Balaban J connectivity index is 0.911. The molecule has 1 aromatic carbocycles. The van der Waals surface area contributed by atoms with Crippen LogP contribution in [0.4, 0.5) is 11.5 Å². The van der Waals surface area contributed by atoms with Crippen molar-refractivity contribution in [2.45, 2.75) is 59.8 Å². The average Bonchev–Trinajstić information content (AvgIpc) is 3.66. The summed E-state index contributed by atoms with van der Waals surface area (Å²) < 4.78 is 17.0.